The minimum absolute atomic E-state index is 0.0504. The van der Waals surface area contributed by atoms with E-state index in [4.69, 9.17) is 11.5 Å². The normalized spacial score (nSPS) is 27.5. The highest BCUT2D eigenvalue weighted by molar-refractivity contribution is 5.79. The molecule has 6 heteroatoms. The summed E-state index contributed by atoms with van der Waals surface area (Å²) >= 11 is 0. The van der Waals surface area contributed by atoms with Crippen LogP contribution in [0.25, 0.3) is 0 Å². The van der Waals surface area contributed by atoms with E-state index in [0.717, 1.165) is 31.8 Å². The Morgan fingerprint density at radius 2 is 2.00 bits per heavy atom. The molecule has 4 N–H and O–H groups in total. The summed E-state index contributed by atoms with van der Waals surface area (Å²) in [7, 11) is 0. The van der Waals surface area contributed by atoms with Crippen molar-refractivity contribution in [2.75, 3.05) is 13.1 Å². The molecular formula is C9H16N5O. The van der Waals surface area contributed by atoms with Crippen molar-refractivity contribution in [1.29, 1.82) is 0 Å². The quantitative estimate of drug-likeness (QED) is 0.614. The standard InChI is InChI=1S/C9H16N5O/c10-7-6-8(12-9(11)14(7)15)13-4-2-1-3-5-13/h6-7H,1-5,10H2,(H2,11,12). The number of piperidine rings is 1. The maximum Gasteiger partial charge on any atom is 0.226 e. The van der Waals surface area contributed by atoms with Gasteiger partial charge in [0.25, 0.3) is 0 Å². The summed E-state index contributed by atoms with van der Waals surface area (Å²) in [5, 5.41) is 11.7. The second kappa shape index (κ2) is 4.08. The van der Waals surface area contributed by atoms with Crippen LogP contribution in [0.5, 0.6) is 0 Å². The maximum atomic E-state index is 11.2. The molecule has 0 aromatic carbocycles. The molecule has 2 rings (SSSR count). The van der Waals surface area contributed by atoms with Gasteiger partial charge in [-0.2, -0.15) is 10.1 Å². The van der Waals surface area contributed by atoms with Crippen molar-refractivity contribution in [3.05, 3.63) is 11.9 Å². The molecule has 0 spiro atoms. The number of hydrogen-bond acceptors (Lipinski definition) is 5. The Morgan fingerprint density at radius 3 is 2.60 bits per heavy atom. The largest absolute Gasteiger partial charge is 0.368 e. The van der Waals surface area contributed by atoms with Crippen molar-refractivity contribution in [3.63, 3.8) is 0 Å². The molecule has 1 radical (unpaired) electrons. The van der Waals surface area contributed by atoms with Crippen molar-refractivity contribution in [3.8, 4) is 0 Å². The van der Waals surface area contributed by atoms with Gasteiger partial charge in [0.2, 0.25) is 5.96 Å². The molecule has 2 aliphatic rings. The molecule has 0 aromatic heterocycles. The zero-order valence-electron chi connectivity index (χ0n) is 8.59. The van der Waals surface area contributed by atoms with E-state index in [1.807, 2.05) is 0 Å². The van der Waals surface area contributed by atoms with Gasteiger partial charge < -0.3 is 16.4 Å². The van der Waals surface area contributed by atoms with E-state index >= 15 is 0 Å². The first kappa shape index (κ1) is 10.3. The van der Waals surface area contributed by atoms with E-state index in [0.29, 0.717) is 5.06 Å². The third-order valence-electron chi connectivity index (χ3n) is 2.73. The first-order chi connectivity index (χ1) is 7.18. The van der Waals surface area contributed by atoms with Crippen LogP contribution in [0, 0.1) is 0 Å². The first-order valence-corrected chi connectivity index (χ1v) is 5.21. The fraction of sp³-hybridized carbons (Fsp3) is 0.667. The summed E-state index contributed by atoms with van der Waals surface area (Å²) in [6.45, 7) is 1.93. The number of hydrogen-bond donors (Lipinski definition) is 2. The van der Waals surface area contributed by atoms with Gasteiger partial charge in [-0.1, -0.05) is 5.21 Å². The SMILES string of the molecule is NC1=NC(N2CCCCC2)=CC(N)N1[O]. The number of aliphatic imine (C=N–C) groups is 1. The fourth-order valence-corrected chi connectivity index (χ4v) is 1.88. The molecule has 1 unspecified atom stereocenters. The summed E-state index contributed by atoms with van der Waals surface area (Å²) in [6, 6.07) is 0. The van der Waals surface area contributed by atoms with Gasteiger partial charge in [0.1, 0.15) is 12.0 Å². The van der Waals surface area contributed by atoms with Crippen LogP contribution in [0.1, 0.15) is 19.3 Å². The molecule has 6 nitrogen and oxygen atoms in total. The second-order valence-corrected chi connectivity index (χ2v) is 3.86. The Bertz CT molecular complexity index is 295. The van der Waals surface area contributed by atoms with Crippen LogP contribution in [0.2, 0.25) is 0 Å². The second-order valence-electron chi connectivity index (χ2n) is 3.86. The molecule has 15 heavy (non-hydrogen) atoms. The van der Waals surface area contributed by atoms with Gasteiger partial charge in [0, 0.05) is 13.1 Å². The first-order valence-electron chi connectivity index (χ1n) is 5.21. The monoisotopic (exact) mass is 210 g/mol. The third kappa shape index (κ3) is 2.05. The number of nitrogens with two attached hydrogens (primary N) is 2. The van der Waals surface area contributed by atoms with Gasteiger partial charge in [-0.3, -0.25) is 0 Å². The lowest BCUT2D eigenvalue weighted by molar-refractivity contribution is -0.112. The summed E-state index contributed by atoms with van der Waals surface area (Å²) in [4.78, 5) is 6.18. The van der Waals surface area contributed by atoms with E-state index in [-0.39, 0.29) is 5.96 Å². The molecule has 0 aliphatic carbocycles. The van der Waals surface area contributed by atoms with Crippen LogP contribution in [-0.4, -0.2) is 35.2 Å². The molecule has 2 heterocycles. The summed E-state index contributed by atoms with van der Waals surface area (Å²) in [6.07, 6.45) is 4.52. The Labute approximate surface area is 88.8 Å². The van der Waals surface area contributed by atoms with E-state index in [1.165, 1.54) is 6.42 Å². The molecule has 2 aliphatic heterocycles. The summed E-state index contributed by atoms with van der Waals surface area (Å²) in [5.41, 5.74) is 11.1. The molecule has 0 bridgehead atoms. The lowest BCUT2D eigenvalue weighted by Crippen LogP contribution is -2.48. The summed E-state index contributed by atoms with van der Waals surface area (Å²) in [5.74, 6) is 0.692. The Kier molecular flexibility index (Phi) is 2.79. The van der Waals surface area contributed by atoms with Gasteiger partial charge in [-0.15, -0.1) is 0 Å². The van der Waals surface area contributed by atoms with Crippen LogP contribution in [-0.2, 0) is 5.21 Å². The van der Waals surface area contributed by atoms with Crippen LogP contribution in [0.15, 0.2) is 16.9 Å². The van der Waals surface area contributed by atoms with Gasteiger partial charge in [0.15, 0.2) is 0 Å². The smallest absolute Gasteiger partial charge is 0.226 e. The average molecular weight is 210 g/mol. The van der Waals surface area contributed by atoms with Gasteiger partial charge in [0.05, 0.1) is 0 Å². The van der Waals surface area contributed by atoms with Crippen molar-refractivity contribution in [2.24, 2.45) is 16.5 Å². The van der Waals surface area contributed by atoms with Crippen LogP contribution in [0.3, 0.4) is 0 Å². The Morgan fingerprint density at radius 1 is 1.33 bits per heavy atom. The summed E-state index contributed by atoms with van der Waals surface area (Å²) < 4.78 is 0. The number of guanidine groups is 1. The lowest BCUT2D eigenvalue weighted by Gasteiger charge is -2.32. The van der Waals surface area contributed by atoms with Crippen LogP contribution < -0.4 is 11.5 Å². The van der Waals surface area contributed by atoms with Gasteiger partial charge >= 0.3 is 0 Å². The zero-order chi connectivity index (χ0) is 10.8. The van der Waals surface area contributed by atoms with Crippen molar-refractivity contribution in [1.82, 2.24) is 9.96 Å². The van der Waals surface area contributed by atoms with E-state index in [9.17, 15) is 5.21 Å². The van der Waals surface area contributed by atoms with Crippen molar-refractivity contribution < 1.29 is 5.21 Å². The van der Waals surface area contributed by atoms with Gasteiger partial charge in [-0.05, 0) is 25.3 Å². The minimum atomic E-state index is -0.709. The molecule has 0 aromatic rings. The fourth-order valence-electron chi connectivity index (χ4n) is 1.88. The number of hydroxylamine groups is 2. The molecule has 1 saturated heterocycles. The van der Waals surface area contributed by atoms with E-state index in [1.54, 1.807) is 6.08 Å². The maximum absolute atomic E-state index is 11.2. The predicted octanol–water partition coefficient (Wildman–Crippen LogP) is -0.426. The van der Waals surface area contributed by atoms with Crippen molar-refractivity contribution >= 4 is 5.96 Å². The molecular weight excluding hydrogens is 194 g/mol. The van der Waals surface area contributed by atoms with E-state index in [2.05, 4.69) is 9.89 Å². The Balaban J connectivity index is 2.12. The van der Waals surface area contributed by atoms with E-state index < -0.39 is 6.17 Å². The molecule has 0 amide bonds. The minimum Gasteiger partial charge on any atom is -0.368 e. The highest BCUT2D eigenvalue weighted by atomic mass is 16.5. The highest BCUT2D eigenvalue weighted by Gasteiger charge is 2.23. The number of rotatable bonds is 1. The Hall–Kier alpha value is -1.27. The van der Waals surface area contributed by atoms with Crippen LogP contribution >= 0.6 is 0 Å². The zero-order valence-corrected chi connectivity index (χ0v) is 8.59. The predicted molar refractivity (Wildman–Crippen MR) is 55.6 cm³/mol. The highest BCUT2D eigenvalue weighted by Crippen LogP contribution is 2.18. The molecule has 1 atom stereocenters. The topological polar surface area (TPSA) is 90.8 Å². The molecule has 0 saturated carbocycles. The van der Waals surface area contributed by atoms with Gasteiger partial charge in [-0.25, -0.2) is 0 Å². The van der Waals surface area contributed by atoms with Crippen LogP contribution in [0.4, 0.5) is 0 Å². The lowest BCUT2D eigenvalue weighted by atomic mass is 10.1. The number of nitrogens with zero attached hydrogens (tertiary/aromatic N) is 3. The third-order valence-corrected chi connectivity index (χ3v) is 2.73. The molecule has 83 valence electrons. The molecule has 1 fully saturated rings. The number of likely N-dealkylation sites (tertiary alicyclic amines) is 1. The average Bonchev–Trinajstić information content (AvgIpc) is 2.26. The van der Waals surface area contributed by atoms with Crippen molar-refractivity contribution in [2.45, 2.75) is 25.4 Å².